The van der Waals surface area contributed by atoms with Crippen LogP contribution in [0.3, 0.4) is 0 Å². The molecule has 0 aliphatic rings. The Hall–Kier alpha value is -4.05. The zero-order chi connectivity index (χ0) is 25.9. The molecule has 0 bridgehead atoms. The number of aromatic nitrogens is 4. The van der Waals surface area contributed by atoms with E-state index in [2.05, 4.69) is 26.9 Å². The zero-order valence-corrected chi connectivity index (χ0v) is 21.2. The minimum Gasteiger partial charge on any atom is -0.480 e. The van der Waals surface area contributed by atoms with Gasteiger partial charge in [-0.25, -0.2) is 9.97 Å². The number of hydrogen-bond acceptors (Lipinski definition) is 10. The fraction of sp³-hybridized carbons (Fsp3) is 0.346. The topological polar surface area (TPSA) is 132 Å². The van der Waals surface area contributed by atoms with Gasteiger partial charge in [0.2, 0.25) is 11.8 Å². The first-order valence-electron chi connectivity index (χ1n) is 11.8. The normalized spacial score (nSPS) is 11.6. The molecule has 0 saturated heterocycles. The molecule has 3 aromatic heterocycles. The van der Waals surface area contributed by atoms with Crippen LogP contribution in [0, 0.1) is 6.92 Å². The first-order valence-corrected chi connectivity index (χ1v) is 11.8. The summed E-state index contributed by atoms with van der Waals surface area (Å²) in [6, 6.07) is 7.25. The summed E-state index contributed by atoms with van der Waals surface area (Å²) in [4.78, 5) is 24.3. The van der Waals surface area contributed by atoms with E-state index in [0.29, 0.717) is 64.5 Å². The van der Waals surface area contributed by atoms with Crippen LogP contribution in [0.15, 0.2) is 47.9 Å². The molecule has 0 fully saturated rings. The second-order valence-electron chi connectivity index (χ2n) is 7.93. The van der Waals surface area contributed by atoms with E-state index in [4.69, 9.17) is 20.2 Å². The lowest BCUT2D eigenvalue weighted by Crippen LogP contribution is -2.28. The Bertz CT molecular complexity index is 1210. The van der Waals surface area contributed by atoms with Crippen molar-refractivity contribution >= 4 is 17.7 Å². The second kappa shape index (κ2) is 13.1. The van der Waals surface area contributed by atoms with Crippen molar-refractivity contribution in [1.29, 1.82) is 0 Å². The predicted octanol–water partition coefficient (Wildman–Crippen LogP) is 3.64. The molecular weight excluding hydrogens is 458 g/mol. The molecule has 0 spiro atoms. The summed E-state index contributed by atoms with van der Waals surface area (Å²) in [7, 11) is 3.25. The van der Waals surface area contributed by atoms with E-state index in [1.165, 1.54) is 6.20 Å². The van der Waals surface area contributed by atoms with Crippen molar-refractivity contribution in [2.24, 2.45) is 10.7 Å². The summed E-state index contributed by atoms with van der Waals surface area (Å²) in [5.41, 5.74) is 9.08. The van der Waals surface area contributed by atoms with Gasteiger partial charge >= 0.3 is 0 Å². The molecule has 36 heavy (non-hydrogen) atoms. The molecule has 190 valence electrons. The van der Waals surface area contributed by atoms with Gasteiger partial charge < -0.3 is 25.2 Å². The van der Waals surface area contributed by atoms with E-state index in [9.17, 15) is 5.11 Å². The van der Waals surface area contributed by atoms with Gasteiger partial charge in [0, 0.05) is 63.2 Å². The number of aryl methyl sites for hydroxylation is 1. The highest BCUT2D eigenvalue weighted by Crippen LogP contribution is 2.32. The molecule has 0 atom stereocenters. The molecule has 0 aromatic carbocycles. The van der Waals surface area contributed by atoms with Crippen molar-refractivity contribution < 1.29 is 14.6 Å². The Morgan fingerprint density at radius 2 is 2.03 bits per heavy atom. The van der Waals surface area contributed by atoms with Crippen LogP contribution in [0.5, 0.6) is 17.4 Å². The third kappa shape index (κ3) is 6.54. The Morgan fingerprint density at radius 1 is 1.19 bits per heavy atom. The summed E-state index contributed by atoms with van der Waals surface area (Å²) in [5, 5.41) is 9.21. The van der Waals surface area contributed by atoms with Crippen LogP contribution in [-0.4, -0.2) is 65.1 Å². The smallest absolute Gasteiger partial charge is 0.228 e. The average molecular weight is 492 g/mol. The summed E-state index contributed by atoms with van der Waals surface area (Å²) < 4.78 is 11.7. The number of rotatable bonds is 12. The molecule has 0 radical (unpaired) electrons. The van der Waals surface area contributed by atoms with Gasteiger partial charge in [0.05, 0.1) is 29.8 Å². The van der Waals surface area contributed by atoms with Gasteiger partial charge in [-0.05, 0) is 38.0 Å². The monoisotopic (exact) mass is 491 g/mol. The molecule has 3 rings (SSSR count). The van der Waals surface area contributed by atoms with Crippen LogP contribution in [-0.2, 0) is 0 Å². The number of allylic oxidation sites excluding steroid dienone is 1. The number of hydrogen-bond donors (Lipinski definition) is 2. The third-order valence-electron chi connectivity index (χ3n) is 5.31. The van der Waals surface area contributed by atoms with E-state index in [1.54, 1.807) is 44.9 Å². The largest absolute Gasteiger partial charge is 0.480 e. The Balaban J connectivity index is 1.86. The highest BCUT2D eigenvalue weighted by Gasteiger charge is 2.16. The van der Waals surface area contributed by atoms with Crippen molar-refractivity contribution in [2.45, 2.75) is 26.7 Å². The fourth-order valence-corrected chi connectivity index (χ4v) is 3.58. The van der Waals surface area contributed by atoms with E-state index >= 15 is 0 Å². The standard InChI is InChI=1S/C26H33N7O3/c1-5-11-33(12-6-13-34)26-30-17-21(25(32-26)35-4)22-7-8-24(18(2)31-22)36-20-9-10-29-23(14-20)19(15-27)16-28-3/h7-10,14-17,34H,5-6,11-13,27H2,1-4H3. The van der Waals surface area contributed by atoms with Gasteiger partial charge in [0.15, 0.2) is 0 Å². The number of ether oxygens (including phenoxy) is 2. The Labute approximate surface area is 211 Å². The number of methoxy groups -OCH3 is 1. The van der Waals surface area contributed by atoms with E-state index in [1.807, 2.05) is 24.0 Å². The van der Waals surface area contributed by atoms with E-state index in [-0.39, 0.29) is 6.61 Å². The number of aliphatic hydroxyl groups is 1. The average Bonchev–Trinajstić information content (AvgIpc) is 2.90. The Kier molecular flexibility index (Phi) is 9.70. The first kappa shape index (κ1) is 26.6. The summed E-state index contributed by atoms with van der Waals surface area (Å²) in [5.74, 6) is 2.21. The number of anilines is 1. The van der Waals surface area contributed by atoms with Crippen LogP contribution in [0.25, 0.3) is 16.8 Å². The summed E-state index contributed by atoms with van der Waals surface area (Å²) in [6.45, 7) is 5.53. The molecule has 0 amide bonds. The number of aliphatic hydroxyl groups excluding tert-OH is 1. The van der Waals surface area contributed by atoms with Crippen LogP contribution < -0.4 is 20.1 Å². The SMILES string of the molecule is CCCN(CCCO)c1ncc(-c2ccc(Oc3ccnc(C(C=NC)=CN)c3)c(C)n2)c(OC)n1. The molecule has 10 heteroatoms. The lowest BCUT2D eigenvalue weighted by molar-refractivity contribution is 0.289. The van der Waals surface area contributed by atoms with Crippen molar-refractivity contribution in [3.8, 4) is 28.6 Å². The molecule has 0 unspecified atom stereocenters. The summed E-state index contributed by atoms with van der Waals surface area (Å²) in [6.07, 6.45) is 8.05. The molecule has 0 saturated carbocycles. The first-order chi connectivity index (χ1) is 17.5. The lowest BCUT2D eigenvalue weighted by Gasteiger charge is -2.22. The van der Waals surface area contributed by atoms with Crippen molar-refractivity contribution in [3.63, 3.8) is 0 Å². The lowest BCUT2D eigenvalue weighted by atomic mass is 10.2. The number of nitrogens with two attached hydrogens (primary N) is 1. The maximum absolute atomic E-state index is 9.21. The molecule has 0 aliphatic carbocycles. The number of aliphatic imine (C=N–C) groups is 1. The predicted molar refractivity (Wildman–Crippen MR) is 142 cm³/mol. The Morgan fingerprint density at radius 3 is 2.69 bits per heavy atom. The van der Waals surface area contributed by atoms with Gasteiger partial charge in [-0.15, -0.1) is 0 Å². The minimum atomic E-state index is 0.117. The minimum absolute atomic E-state index is 0.117. The molecule has 3 N–H and O–H groups in total. The van der Waals surface area contributed by atoms with E-state index in [0.717, 1.165) is 13.0 Å². The molecule has 3 aromatic rings. The molecule has 10 nitrogen and oxygen atoms in total. The second-order valence-corrected chi connectivity index (χ2v) is 7.93. The van der Waals surface area contributed by atoms with Gasteiger partial charge in [0.1, 0.15) is 11.5 Å². The number of nitrogens with zero attached hydrogens (tertiary/aromatic N) is 6. The maximum atomic E-state index is 9.21. The van der Waals surface area contributed by atoms with Crippen molar-refractivity contribution in [1.82, 2.24) is 19.9 Å². The van der Waals surface area contributed by atoms with Crippen molar-refractivity contribution in [3.05, 3.63) is 54.2 Å². The number of pyridine rings is 2. The van der Waals surface area contributed by atoms with Crippen LogP contribution >= 0.6 is 0 Å². The molecular formula is C26H33N7O3. The van der Waals surface area contributed by atoms with Gasteiger partial charge in [-0.3, -0.25) is 9.98 Å². The quantitative estimate of drug-likeness (QED) is 0.364. The highest BCUT2D eigenvalue weighted by molar-refractivity contribution is 6.08. The summed E-state index contributed by atoms with van der Waals surface area (Å²) >= 11 is 0. The fourth-order valence-electron chi connectivity index (χ4n) is 3.58. The van der Waals surface area contributed by atoms with Crippen LogP contribution in [0.2, 0.25) is 0 Å². The third-order valence-corrected chi connectivity index (χ3v) is 5.31. The molecule has 0 aliphatic heterocycles. The van der Waals surface area contributed by atoms with Gasteiger partial charge in [-0.1, -0.05) is 6.92 Å². The van der Waals surface area contributed by atoms with Crippen LogP contribution in [0.1, 0.15) is 31.2 Å². The highest BCUT2D eigenvalue weighted by atomic mass is 16.5. The van der Waals surface area contributed by atoms with Crippen LogP contribution in [0.4, 0.5) is 5.95 Å². The zero-order valence-electron chi connectivity index (χ0n) is 21.2. The van der Waals surface area contributed by atoms with E-state index < -0.39 is 0 Å². The molecule has 3 heterocycles. The van der Waals surface area contributed by atoms with Gasteiger partial charge in [-0.2, -0.15) is 4.98 Å². The van der Waals surface area contributed by atoms with Gasteiger partial charge in [0.25, 0.3) is 0 Å². The maximum Gasteiger partial charge on any atom is 0.228 e. The van der Waals surface area contributed by atoms with Crippen molar-refractivity contribution in [2.75, 3.05) is 38.8 Å².